The molecule has 0 radical (unpaired) electrons. The van der Waals surface area contributed by atoms with Crippen molar-refractivity contribution in [1.82, 2.24) is 4.57 Å². The maximum Gasteiger partial charge on any atom is 0.331 e. The van der Waals surface area contributed by atoms with Gasteiger partial charge in [0, 0.05) is 36.0 Å². The van der Waals surface area contributed by atoms with Crippen LogP contribution in [0.4, 0.5) is 5.69 Å². The minimum absolute atomic E-state index is 0.0225. The second kappa shape index (κ2) is 8.23. The fourth-order valence-corrected chi connectivity index (χ4v) is 3.45. The van der Waals surface area contributed by atoms with Crippen molar-refractivity contribution in [2.75, 3.05) is 0 Å². The number of carbonyl (C=O) groups is 1. The van der Waals surface area contributed by atoms with E-state index in [0.717, 1.165) is 32.9 Å². The van der Waals surface area contributed by atoms with Crippen molar-refractivity contribution < 1.29 is 14.6 Å². The molecule has 0 fully saturated rings. The minimum Gasteiger partial charge on any atom is -0.318 e. The molecule has 0 spiro atoms. The Morgan fingerprint density at radius 2 is 1.68 bits per heavy atom. The van der Waals surface area contributed by atoms with E-state index in [1.807, 2.05) is 65.4 Å². The highest BCUT2D eigenvalue weighted by Crippen LogP contribution is 2.33. The maximum absolute atomic E-state index is 11.3. The predicted molar refractivity (Wildman–Crippen MR) is 122 cm³/mol. The average molecular weight is 413 g/mol. The number of nitro groups is 1. The third-order valence-electron chi connectivity index (χ3n) is 4.94. The summed E-state index contributed by atoms with van der Waals surface area (Å²) in [5.74, 6) is -0.501. The van der Waals surface area contributed by atoms with E-state index in [4.69, 9.17) is 4.84 Å². The Kier molecular flexibility index (Phi) is 5.32. The fraction of sp³-hybridized carbons (Fsp3) is 0.0833. The smallest absolute Gasteiger partial charge is 0.318 e. The summed E-state index contributed by atoms with van der Waals surface area (Å²) < 4.78 is 2.00. The molecule has 31 heavy (non-hydrogen) atoms. The van der Waals surface area contributed by atoms with Gasteiger partial charge in [-0.1, -0.05) is 41.6 Å². The molecule has 0 aliphatic heterocycles. The van der Waals surface area contributed by atoms with Crippen LogP contribution >= 0.6 is 0 Å². The van der Waals surface area contributed by atoms with Crippen molar-refractivity contribution in [3.8, 4) is 0 Å². The lowest BCUT2D eigenvalue weighted by Gasteiger charge is -2.03. The number of benzene rings is 3. The third kappa shape index (κ3) is 4.06. The second-order valence-corrected chi connectivity index (χ2v) is 7.05. The molecule has 3 aromatic carbocycles. The van der Waals surface area contributed by atoms with Gasteiger partial charge in [-0.05, 0) is 42.3 Å². The molecule has 1 aromatic heterocycles. The van der Waals surface area contributed by atoms with Gasteiger partial charge in [-0.15, -0.1) is 0 Å². The zero-order valence-electron chi connectivity index (χ0n) is 17.0. The Labute approximate surface area is 178 Å². The van der Waals surface area contributed by atoms with Gasteiger partial charge in [0.15, 0.2) is 0 Å². The average Bonchev–Trinajstić information content (AvgIpc) is 3.09. The van der Waals surface area contributed by atoms with Crippen LogP contribution in [0.3, 0.4) is 0 Å². The zero-order chi connectivity index (χ0) is 22.0. The van der Waals surface area contributed by atoms with Crippen molar-refractivity contribution in [2.45, 2.75) is 13.8 Å². The first kappa shape index (κ1) is 20.0. The molecule has 7 nitrogen and oxygen atoms in total. The summed E-state index contributed by atoms with van der Waals surface area (Å²) in [5.41, 5.74) is 4.09. The number of non-ortho nitro benzene ring substituents is 1. The minimum atomic E-state index is -0.501. The summed E-state index contributed by atoms with van der Waals surface area (Å²) in [6, 6.07) is 20.4. The molecule has 4 rings (SSSR count). The van der Waals surface area contributed by atoms with Crippen LogP contribution < -0.4 is 0 Å². The number of hydrogen-bond donors (Lipinski definition) is 0. The number of carbonyl (C=O) groups excluding carboxylic acids is 1. The first-order chi connectivity index (χ1) is 14.9. The number of rotatable bonds is 5. The Morgan fingerprint density at radius 3 is 2.35 bits per heavy atom. The summed E-state index contributed by atoms with van der Waals surface area (Å²) in [6.07, 6.45) is 3.94. The van der Waals surface area contributed by atoms with Gasteiger partial charge in [0.2, 0.25) is 0 Å². The van der Waals surface area contributed by atoms with E-state index in [9.17, 15) is 14.9 Å². The number of aromatic nitrogens is 1. The van der Waals surface area contributed by atoms with Crippen LogP contribution in [0.15, 0.2) is 71.9 Å². The first-order valence-electron chi connectivity index (χ1n) is 9.62. The van der Waals surface area contributed by atoms with Gasteiger partial charge >= 0.3 is 5.97 Å². The molecule has 0 unspecified atom stereocenters. The fourth-order valence-electron chi connectivity index (χ4n) is 3.45. The molecule has 0 saturated heterocycles. The van der Waals surface area contributed by atoms with Gasteiger partial charge in [-0.2, -0.15) is 0 Å². The SMILES string of the molecule is CC(=O)ON=C(C)c1ccc2c(c1)c1cc([N+](=O)[O-])ccc1n2C=Cc1ccccc1. The van der Waals surface area contributed by atoms with Crippen molar-refractivity contribution in [1.29, 1.82) is 0 Å². The number of oxime groups is 1. The highest BCUT2D eigenvalue weighted by atomic mass is 16.7. The standard InChI is InChI=1S/C24H19N3O4/c1-16(25-31-17(2)28)19-8-10-23-21(14-19)22-15-20(27(29)30)9-11-24(22)26(23)13-12-18-6-4-3-5-7-18/h3-15H,1-2H3. The van der Waals surface area contributed by atoms with Gasteiger partial charge in [0.25, 0.3) is 5.69 Å². The van der Waals surface area contributed by atoms with Gasteiger partial charge in [-0.3, -0.25) is 10.1 Å². The van der Waals surface area contributed by atoms with E-state index in [1.54, 1.807) is 19.1 Å². The molecule has 0 saturated carbocycles. The largest absolute Gasteiger partial charge is 0.331 e. The predicted octanol–water partition coefficient (Wildman–Crippen LogP) is 5.62. The van der Waals surface area contributed by atoms with Crippen LogP contribution in [0.25, 0.3) is 34.1 Å². The molecule has 154 valence electrons. The molecule has 1 heterocycles. The lowest BCUT2D eigenvalue weighted by molar-refractivity contribution is -0.384. The van der Waals surface area contributed by atoms with Crippen LogP contribution in [0, 0.1) is 10.1 Å². The molecule has 0 N–H and O–H groups in total. The number of fused-ring (bicyclic) bond motifs is 3. The second-order valence-electron chi connectivity index (χ2n) is 7.05. The van der Waals surface area contributed by atoms with Crippen LogP contribution in [0.2, 0.25) is 0 Å². The number of nitro benzene ring substituents is 1. The molecule has 0 amide bonds. The third-order valence-corrected chi connectivity index (χ3v) is 4.94. The highest BCUT2D eigenvalue weighted by molar-refractivity contribution is 6.13. The maximum atomic E-state index is 11.3. The van der Waals surface area contributed by atoms with Crippen molar-refractivity contribution in [3.05, 3.63) is 88.0 Å². The molecule has 0 atom stereocenters. The van der Waals surface area contributed by atoms with Crippen LogP contribution in [-0.4, -0.2) is 21.2 Å². The Bertz CT molecular complexity index is 1370. The van der Waals surface area contributed by atoms with Crippen LogP contribution in [0.5, 0.6) is 0 Å². The van der Waals surface area contributed by atoms with Crippen molar-refractivity contribution in [3.63, 3.8) is 0 Å². The first-order valence-corrected chi connectivity index (χ1v) is 9.62. The van der Waals surface area contributed by atoms with Gasteiger partial charge in [0.05, 0.1) is 21.7 Å². The Hall–Kier alpha value is -4.26. The molecule has 0 aliphatic rings. The normalized spacial score (nSPS) is 12.0. The molecule has 4 aromatic rings. The van der Waals surface area contributed by atoms with Crippen LogP contribution in [0.1, 0.15) is 25.0 Å². The molecular formula is C24H19N3O4. The topological polar surface area (TPSA) is 86.7 Å². The van der Waals surface area contributed by atoms with E-state index in [-0.39, 0.29) is 5.69 Å². The Morgan fingerprint density at radius 1 is 1.00 bits per heavy atom. The quantitative estimate of drug-likeness (QED) is 0.184. The lowest BCUT2D eigenvalue weighted by atomic mass is 10.1. The lowest BCUT2D eigenvalue weighted by Crippen LogP contribution is -1.99. The monoisotopic (exact) mass is 413 g/mol. The highest BCUT2D eigenvalue weighted by Gasteiger charge is 2.15. The van der Waals surface area contributed by atoms with E-state index < -0.39 is 10.9 Å². The van der Waals surface area contributed by atoms with E-state index in [0.29, 0.717) is 5.71 Å². The number of nitrogens with zero attached hydrogens (tertiary/aromatic N) is 3. The van der Waals surface area contributed by atoms with E-state index in [1.165, 1.54) is 13.0 Å². The summed E-state index contributed by atoms with van der Waals surface area (Å²) in [5, 5.41) is 16.8. The molecule has 0 aliphatic carbocycles. The van der Waals surface area contributed by atoms with E-state index >= 15 is 0 Å². The summed E-state index contributed by atoms with van der Waals surface area (Å²) in [7, 11) is 0. The summed E-state index contributed by atoms with van der Waals surface area (Å²) in [4.78, 5) is 26.7. The summed E-state index contributed by atoms with van der Waals surface area (Å²) >= 11 is 0. The molecular weight excluding hydrogens is 394 g/mol. The molecule has 0 bridgehead atoms. The van der Waals surface area contributed by atoms with Gasteiger partial charge in [-0.25, -0.2) is 4.79 Å². The van der Waals surface area contributed by atoms with Gasteiger partial charge in [0.1, 0.15) is 0 Å². The van der Waals surface area contributed by atoms with E-state index in [2.05, 4.69) is 5.16 Å². The van der Waals surface area contributed by atoms with Crippen LogP contribution in [-0.2, 0) is 9.63 Å². The number of hydrogen-bond acceptors (Lipinski definition) is 5. The molecule has 7 heteroatoms. The van der Waals surface area contributed by atoms with Crippen molar-refractivity contribution >= 4 is 51.5 Å². The van der Waals surface area contributed by atoms with Gasteiger partial charge < -0.3 is 9.40 Å². The zero-order valence-corrected chi connectivity index (χ0v) is 17.0. The van der Waals surface area contributed by atoms with Crippen molar-refractivity contribution in [2.24, 2.45) is 5.16 Å². The Balaban J connectivity index is 1.92. The summed E-state index contributed by atoms with van der Waals surface area (Å²) in [6.45, 7) is 3.02.